The first-order valence-electron chi connectivity index (χ1n) is 24.0. The van der Waals surface area contributed by atoms with Gasteiger partial charge in [0.1, 0.15) is 16.1 Å². The lowest BCUT2D eigenvalue weighted by atomic mass is 9.89. The molecule has 0 radical (unpaired) electrons. The molecule has 2 aliphatic heterocycles. The van der Waals surface area contributed by atoms with E-state index in [1.54, 1.807) is 0 Å². The van der Waals surface area contributed by atoms with Gasteiger partial charge in [-0.25, -0.2) is 0 Å². The predicted octanol–water partition coefficient (Wildman–Crippen LogP) is 15.9. The molecule has 6 heterocycles. The van der Waals surface area contributed by atoms with Crippen molar-refractivity contribution in [3.8, 4) is 0 Å². The largest absolute Gasteiger partial charge is 0.265 e. The molecular formula is C64H52N4Si2. The second-order valence-electron chi connectivity index (χ2n) is 18.9. The molecule has 0 spiro atoms. The van der Waals surface area contributed by atoms with Crippen molar-refractivity contribution in [1.82, 2.24) is 19.9 Å². The number of nitrogens with zero attached hydrogens (tertiary/aromatic N) is 4. The van der Waals surface area contributed by atoms with E-state index in [0.717, 1.165) is 11.4 Å². The number of hydrogen-bond acceptors (Lipinski definition) is 4. The topological polar surface area (TPSA) is 51.6 Å². The fourth-order valence-corrected chi connectivity index (χ4v) is 18.5. The third-order valence-corrected chi connectivity index (χ3v) is 21.1. The summed E-state index contributed by atoms with van der Waals surface area (Å²) in [6.45, 7) is 9.89. The molecule has 0 N–H and O–H groups in total. The molecule has 336 valence electrons. The highest BCUT2D eigenvalue weighted by molar-refractivity contribution is 7.14. The molecule has 70 heavy (non-hydrogen) atoms. The SMILES string of the molecule is C[Si]1(C)C(c2ccncc2)=C(c2ccccc2)C(c2ccccc2)=C1c1ccncc1.C[Si]1(C)C(c2nccc3ccccc23)=C(c2ccccc2)C(c2ccccc2)=C1c1nccc2ccccc12. The summed E-state index contributed by atoms with van der Waals surface area (Å²) in [7, 11) is -4.44. The van der Waals surface area contributed by atoms with Gasteiger partial charge in [-0.1, -0.05) is 196 Å². The van der Waals surface area contributed by atoms with Gasteiger partial charge < -0.3 is 0 Å². The average Bonchev–Trinajstić information content (AvgIpc) is 3.82. The molecule has 0 atom stereocenters. The smallest absolute Gasteiger partial charge is 0.119 e. The van der Waals surface area contributed by atoms with Crippen LogP contribution in [0, 0.1) is 0 Å². The van der Waals surface area contributed by atoms with Crippen molar-refractivity contribution in [3.05, 3.63) is 288 Å². The van der Waals surface area contributed by atoms with Gasteiger partial charge in [-0.3, -0.25) is 19.9 Å². The van der Waals surface area contributed by atoms with Crippen LogP contribution in [0.15, 0.2) is 243 Å². The van der Waals surface area contributed by atoms with Gasteiger partial charge in [0.15, 0.2) is 0 Å². The molecule has 0 bridgehead atoms. The minimum Gasteiger partial charge on any atom is -0.265 e. The van der Waals surface area contributed by atoms with Gasteiger partial charge in [0.2, 0.25) is 0 Å². The zero-order chi connectivity index (χ0) is 47.7. The van der Waals surface area contributed by atoms with Crippen molar-refractivity contribution in [2.24, 2.45) is 0 Å². The second kappa shape index (κ2) is 18.7. The summed E-state index contributed by atoms with van der Waals surface area (Å²) >= 11 is 0. The molecular weight excluding hydrogens is 881 g/mol. The van der Waals surface area contributed by atoms with Gasteiger partial charge in [0.25, 0.3) is 0 Å². The number of pyridine rings is 4. The van der Waals surface area contributed by atoms with Crippen LogP contribution in [0.1, 0.15) is 44.8 Å². The fourth-order valence-electron chi connectivity index (χ4n) is 11.1. The summed E-state index contributed by atoms with van der Waals surface area (Å²) in [5.41, 5.74) is 14.9. The maximum atomic E-state index is 5.11. The number of allylic oxidation sites excluding steroid dienone is 4. The number of hydrogen-bond donors (Lipinski definition) is 0. The maximum absolute atomic E-state index is 5.11. The van der Waals surface area contributed by atoms with Gasteiger partial charge in [-0.05, 0) is 124 Å². The Balaban J connectivity index is 0.000000157. The molecule has 4 nitrogen and oxygen atoms in total. The standard InChI is InChI=1S/C36H28N2Si.C28H24N2Si/c1-39(2)35(33-29-19-11-9-13-25(29)21-23-37-33)31(27-15-5-3-6-16-27)32(28-17-7-4-8-18-28)36(39)34-30-20-12-10-14-26(30)22-24-38-34;1-31(2)27(23-13-17-29-18-14-23)25(21-9-5-3-6-10-21)26(22-11-7-4-8-12-22)28(31)24-15-19-30-20-16-24/h3-24H,1-2H3;3-20H,1-2H3. The molecule has 6 aromatic carbocycles. The van der Waals surface area contributed by atoms with E-state index in [9.17, 15) is 0 Å². The average molecular weight is 933 g/mol. The first kappa shape index (κ1) is 44.3. The van der Waals surface area contributed by atoms with Gasteiger partial charge >= 0.3 is 0 Å². The van der Waals surface area contributed by atoms with Crippen LogP contribution in [0.25, 0.3) is 64.6 Å². The van der Waals surface area contributed by atoms with Crippen molar-refractivity contribution < 1.29 is 0 Å². The van der Waals surface area contributed by atoms with Crippen LogP contribution < -0.4 is 0 Å². The van der Waals surface area contributed by atoms with Crippen LogP contribution in [0.3, 0.4) is 0 Å². The highest BCUT2D eigenvalue weighted by Gasteiger charge is 2.46. The van der Waals surface area contributed by atoms with E-state index in [-0.39, 0.29) is 0 Å². The maximum Gasteiger partial charge on any atom is 0.119 e. The van der Waals surface area contributed by atoms with E-state index < -0.39 is 16.1 Å². The highest BCUT2D eigenvalue weighted by Crippen LogP contribution is 2.57. The first-order chi connectivity index (χ1) is 34.3. The summed E-state index contributed by atoms with van der Waals surface area (Å²) in [6, 6.07) is 73.5. The third-order valence-electron chi connectivity index (χ3n) is 14.0. The summed E-state index contributed by atoms with van der Waals surface area (Å²) in [5, 5.41) is 10.5. The first-order valence-corrected chi connectivity index (χ1v) is 30.0. The highest BCUT2D eigenvalue weighted by atomic mass is 28.3. The zero-order valence-corrected chi connectivity index (χ0v) is 41.9. The quantitative estimate of drug-likeness (QED) is 0.142. The van der Waals surface area contributed by atoms with Crippen LogP contribution in [-0.2, 0) is 0 Å². The Morgan fingerprint density at radius 1 is 0.257 bits per heavy atom. The van der Waals surface area contributed by atoms with E-state index in [1.807, 2.05) is 37.2 Å². The molecule has 0 fully saturated rings. The van der Waals surface area contributed by atoms with E-state index in [4.69, 9.17) is 9.97 Å². The number of aromatic nitrogens is 4. The lowest BCUT2D eigenvalue weighted by Gasteiger charge is -2.26. The van der Waals surface area contributed by atoms with E-state index in [1.165, 1.54) is 98.0 Å². The van der Waals surface area contributed by atoms with E-state index >= 15 is 0 Å². The van der Waals surface area contributed by atoms with Gasteiger partial charge in [0, 0.05) is 48.0 Å². The summed E-state index contributed by atoms with van der Waals surface area (Å²) < 4.78 is 0. The minimum absolute atomic E-state index is 1.09. The third kappa shape index (κ3) is 7.91. The normalized spacial score (nSPS) is 15.1. The monoisotopic (exact) mass is 932 g/mol. The Hall–Kier alpha value is -8.17. The molecule has 0 unspecified atom stereocenters. The van der Waals surface area contributed by atoms with Crippen molar-refractivity contribution in [1.29, 1.82) is 0 Å². The Bertz CT molecular complexity index is 3410. The lowest BCUT2D eigenvalue weighted by molar-refractivity contribution is 1.31. The van der Waals surface area contributed by atoms with Gasteiger partial charge in [0.05, 0.1) is 11.4 Å². The molecule has 4 aromatic heterocycles. The minimum atomic E-state index is -2.37. The van der Waals surface area contributed by atoms with Crippen LogP contribution in [-0.4, -0.2) is 36.1 Å². The summed E-state index contributed by atoms with van der Waals surface area (Å²) in [6.07, 6.45) is 11.6. The van der Waals surface area contributed by atoms with Crippen molar-refractivity contribution >= 4 is 80.8 Å². The fraction of sp³-hybridized carbons (Fsp3) is 0.0625. The Labute approximate surface area is 412 Å². The molecule has 2 aliphatic rings. The summed E-state index contributed by atoms with van der Waals surface area (Å²) in [5.74, 6) is 0. The summed E-state index contributed by atoms with van der Waals surface area (Å²) in [4.78, 5) is 18.8. The van der Waals surface area contributed by atoms with E-state index in [2.05, 4.69) is 242 Å². The zero-order valence-electron chi connectivity index (χ0n) is 39.9. The molecule has 0 saturated carbocycles. The van der Waals surface area contributed by atoms with Crippen LogP contribution in [0.4, 0.5) is 0 Å². The van der Waals surface area contributed by atoms with Gasteiger partial charge in [-0.2, -0.15) is 0 Å². The van der Waals surface area contributed by atoms with Crippen LogP contribution in [0.2, 0.25) is 26.2 Å². The second-order valence-corrected chi connectivity index (χ2v) is 27.4. The van der Waals surface area contributed by atoms with Crippen molar-refractivity contribution in [2.45, 2.75) is 26.2 Å². The van der Waals surface area contributed by atoms with Crippen molar-refractivity contribution in [3.63, 3.8) is 0 Å². The van der Waals surface area contributed by atoms with Crippen molar-refractivity contribution in [2.75, 3.05) is 0 Å². The number of benzene rings is 6. The predicted molar refractivity (Wildman–Crippen MR) is 300 cm³/mol. The lowest BCUT2D eigenvalue weighted by Crippen LogP contribution is -2.29. The Morgan fingerprint density at radius 2 is 0.543 bits per heavy atom. The molecule has 6 heteroatoms. The molecule has 0 aliphatic carbocycles. The Kier molecular flexibility index (Phi) is 11.9. The molecule has 0 saturated heterocycles. The number of rotatable bonds is 8. The molecule has 10 aromatic rings. The number of fused-ring (bicyclic) bond motifs is 2. The van der Waals surface area contributed by atoms with Crippen LogP contribution >= 0.6 is 0 Å². The van der Waals surface area contributed by atoms with Crippen LogP contribution in [0.5, 0.6) is 0 Å². The van der Waals surface area contributed by atoms with E-state index in [0.29, 0.717) is 0 Å². The molecule has 0 amide bonds. The Morgan fingerprint density at radius 3 is 0.886 bits per heavy atom. The molecule has 12 rings (SSSR count). The van der Waals surface area contributed by atoms with Gasteiger partial charge in [-0.15, -0.1) is 0 Å².